The van der Waals surface area contributed by atoms with E-state index in [4.69, 9.17) is 0 Å². The summed E-state index contributed by atoms with van der Waals surface area (Å²) >= 11 is 6.62. The van der Waals surface area contributed by atoms with Gasteiger partial charge in [-0.1, -0.05) is 86.1 Å². The van der Waals surface area contributed by atoms with Crippen molar-refractivity contribution in [2.75, 3.05) is 0 Å². The minimum atomic E-state index is -0.279. The van der Waals surface area contributed by atoms with Crippen LogP contribution in [0, 0.1) is 0 Å². The van der Waals surface area contributed by atoms with Gasteiger partial charge >= 0.3 is 5.69 Å². The average molecular weight is 429 g/mol. The van der Waals surface area contributed by atoms with Gasteiger partial charge in [-0.25, -0.2) is 4.79 Å². The summed E-state index contributed by atoms with van der Waals surface area (Å²) in [7, 11) is 0. The van der Waals surface area contributed by atoms with Gasteiger partial charge < -0.3 is 0 Å². The fourth-order valence-corrected chi connectivity index (χ4v) is 8.21. The zero-order chi connectivity index (χ0) is 18.7. The largest absolute Gasteiger partial charge is 0.329 e. The normalized spacial score (nSPS) is 16.7. The van der Waals surface area contributed by atoms with E-state index in [1.807, 2.05) is 0 Å². The van der Waals surface area contributed by atoms with E-state index >= 15 is 0 Å². The predicted octanol–water partition coefficient (Wildman–Crippen LogP) is 5.95. The highest BCUT2D eigenvalue weighted by Crippen LogP contribution is 2.59. The SMILES string of the molecule is CCCCCCCCn1c2c(c(=O)[nH]c1=O)SC(=C1SC(C)=C(C)S1)S2. The van der Waals surface area contributed by atoms with Crippen LogP contribution in [0.3, 0.4) is 0 Å². The van der Waals surface area contributed by atoms with Gasteiger partial charge in [0.05, 0.1) is 8.47 Å². The molecule has 0 bridgehead atoms. The fourth-order valence-electron chi connectivity index (χ4n) is 2.79. The van der Waals surface area contributed by atoms with Crippen molar-refractivity contribution in [3.8, 4) is 0 Å². The second-order valence-electron chi connectivity index (χ2n) is 6.41. The van der Waals surface area contributed by atoms with E-state index in [0.717, 1.165) is 22.1 Å². The number of H-pyrrole nitrogens is 1. The van der Waals surface area contributed by atoms with Crippen LogP contribution in [0.5, 0.6) is 0 Å². The van der Waals surface area contributed by atoms with Crippen molar-refractivity contribution in [1.29, 1.82) is 0 Å². The van der Waals surface area contributed by atoms with Gasteiger partial charge in [0.25, 0.3) is 5.56 Å². The minimum Gasteiger partial charge on any atom is -0.287 e. The molecule has 1 aromatic rings. The van der Waals surface area contributed by atoms with E-state index in [1.54, 1.807) is 39.9 Å². The topological polar surface area (TPSA) is 54.9 Å². The molecule has 2 aliphatic rings. The number of thioether (sulfide) groups is 4. The van der Waals surface area contributed by atoms with Gasteiger partial charge in [-0.05, 0) is 30.1 Å². The van der Waals surface area contributed by atoms with Crippen molar-refractivity contribution >= 4 is 47.0 Å². The molecule has 8 heteroatoms. The molecule has 0 spiro atoms. The maximum Gasteiger partial charge on any atom is 0.329 e. The smallest absolute Gasteiger partial charge is 0.287 e. The number of aromatic nitrogens is 2. The van der Waals surface area contributed by atoms with Gasteiger partial charge in [-0.3, -0.25) is 14.3 Å². The van der Waals surface area contributed by atoms with Crippen molar-refractivity contribution in [3.05, 3.63) is 39.1 Å². The number of rotatable bonds is 7. The first-order valence-corrected chi connectivity index (χ1v) is 12.3. The van der Waals surface area contributed by atoms with Crippen LogP contribution >= 0.6 is 47.0 Å². The highest BCUT2D eigenvalue weighted by molar-refractivity contribution is 8.32. The highest BCUT2D eigenvalue weighted by atomic mass is 32.2. The van der Waals surface area contributed by atoms with Crippen molar-refractivity contribution in [2.24, 2.45) is 0 Å². The van der Waals surface area contributed by atoms with Gasteiger partial charge in [0.2, 0.25) is 0 Å². The Balaban J connectivity index is 1.75. The number of allylic oxidation sites excluding steroid dienone is 2. The third kappa shape index (κ3) is 4.51. The number of hydrogen-bond acceptors (Lipinski definition) is 6. The van der Waals surface area contributed by atoms with Gasteiger partial charge in [0.1, 0.15) is 9.92 Å². The van der Waals surface area contributed by atoms with Crippen LogP contribution in [-0.2, 0) is 6.54 Å². The lowest BCUT2D eigenvalue weighted by Gasteiger charge is -2.09. The van der Waals surface area contributed by atoms with E-state index < -0.39 is 0 Å². The van der Waals surface area contributed by atoms with Crippen molar-refractivity contribution < 1.29 is 0 Å². The molecule has 0 atom stereocenters. The Labute approximate surface area is 171 Å². The monoisotopic (exact) mass is 428 g/mol. The number of unbranched alkanes of at least 4 members (excludes halogenated alkanes) is 5. The number of hydrogen-bond donors (Lipinski definition) is 1. The number of aromatic amines is 1. The lowest BCUT2D eigenvalue weighted by atomic mass is 10.1. The average Bonchev–Trinajstić information content (AvgIpc) is 3.18. The molecule has 0 fully saturated rings. The maximum atomic E-state index is 12.3. The summed E-state index contributed by atoms with van der Waals surface area (Å²) in [6.45, 7) is 7.14. The van der Waals surface area contributed by atoms with Crippen LogP contribution in [0.25, 0.3) is 0 Å². The van der Waals surface area contributed by atoms with Crippen LogP contribution < -0.4 is 11.2 Å². The van der Waals surface area contributed by atoms with Crippen molar-refractivity contribution in [3.63, 3.8) is 0 Å². The maximum absolute atomic E-state index is 12.3. The lowest BCUT2D eigenvalue weighted by molar-refractivity contribution is 0.508. The lowest BCUT2D eigenvalue weighted by Crippen LogP contribution is -2.31. The van der Waals surface area contributed by atoms with E-state index in [1.165, 1.54) is 51.5 Å². The predicted molar refractivity (Wildman–Crippen MR) is 117 cm³/mol. The molecule has 4 nitrogen and oxygen atoms in total. The van der Waals surface area contributed by atoms with Crippen LogP contribution in [0.15, 0.2) is 37.8 Å². The fraction of sp³-hybridized carbons (Fsp3) is 0.556. The Morgan fingerprint density at radius 2 is 1.46 bits per heavy atom. The molecule has 0 aromatic carbocycles. The molecule has 2 aliphatic heterocycles. The zero-order valence-electron chi connectivity index (χ0n) is 15.3. The summed E-state index contributed by atoms with van der Waals surface area (Å²) in [5, 5.41) is 0.822. The van der Waals surface area contributed by atoms with Crippen molar-refractivity contribution in [1.82, 2.24) is 9.55 Å². The molecule has 0 amide bonds. The summed E-state index contributed by atoms with van der Waals surface area (Å²) in [5.41, 5.74) is -0.537. The summed E-state index contributed by atoms with van der Waals surface area (Å²) in [6, 6.07) is 0. The van der Waals surface area contributed by atoms with E-state index in [9.17, 15) is 9.59 Å². The number of nitrogens with one attached hydrogen (secondary N) is 1. The Kier molecular flexibility index (Phi) is 7.16. The molecule has 3 heterocycles. The van der Waals surface area contributed by atoms with E-state index in [2.05, 4.69) is 25.8 Å². The van der Waals surface area contributed by atoms with Gasteiger partial charge in [-0.2, -0.15) is 0 Å². The minimum absolute atomic E-state index is 0.258. The summed E-state index contributed by atoms with van der Waals surface area (Å²) in [4.78, 5) is 30.4. The molecule has 0 saturated carbocycles. The summed E-state index contributed by atoms with van der Waals surface area (Å²) < 4.78 is 4.11. The molecule has 0 saturated heterocycles. The third-order valence-corrected chi connectivity index (χ3v) is 10.1. The third-order valence-electron chi connectivity index (χ3n) is 4.38. The number of nitrogens with zero attached hydrogens (tertiary/aromatic N) is 1. The van der Waals surface area contributed by atoms with Crippen LogP contribution in [-0.4, -0.2) is 9.55 Å². The Bertz CT molecular complexity index is 851. The second kappa shape index (κ2) is 9.17. The number of fused-ring (bicyclic) bond motifs is 1. The summed E-state index contributed by atoms with van der Waals surface area (Å²) in [6.07, 6.45) is 7.09. The molecular formula is C18H24N2O2S4. The first-order chi connectivity index (χ1) is 12.5. The molecule has 1 aromatic heterocycles. The van der Waals surface area contributed by atoms with Gasteiger partial charge in [-0.15, -0.1) is 0 Å². The first-order valence-electron chi connectivity index (χ1n) is 9.01. The molecule has 0 aliphatic carbocycles. The standard InChI is InChI=1S/C18H24N2O2S4/c1-4-5-6-7-8-9-10-20-15-13(14(21)19-18(20)22)25-17(26-15)16-23-11(2)12(3)24-16/h4-10H2,1-3H3,(H,19,21,22). The molecule has 26 heavy (non-hydrogen) atoms. The molecular weight excluding hydrogens is 404 g/mol. The first kappa shape index (κ1) is 20.3. The van der Waals surface area contributed by atoms with E-state index in [-0.39, 0.29) is 11.2 Å². The molecule has 0 unspecified atom stereocenters. The zero-order valence-corrected chi connectivity index (χ0v) is 18.6. The molecule has 0 radical (unpaired) electrons. The van der Waals surface area contributed by atoms with Crippen molar-refractivity contribution in [2.45, 2.75) is 75.8 Å². The van der Waals surface area contributed by atoms with Crippen LogP contribution in [0.2, 0.25) is 0 Å². The van der Waals surface area contributed by atoms with Crippen LogP contribution in [0.4, 0.5) is 0 Å². The van der Waals surface area contributed by atoms with Crippen LogP contribution in [0.1, 0.15) is 59.3 Å². The molecule has 1 N–H and O–H groups in total. The Morgan fingerprint density at radius 1 is 0.846 bits per heavy atom. The highest BCUT2D eigenvalue weighted by Gasteiger charge is 2.30. The quantitative estimate of drug-likeness (QED) is 0.427. The Hall–Kier alpha value is -0.440. The Morgan fingerprint density at radius 3 is 2.15 bits per heavy atom. The van der Waals surface area contributed by atoms with Gasteiger partial charge in [0, 0.05) is 6.54 Å². The van der Waals surface area contributed by atoms with Gasteiger partial charge in [0.15, 0.2) is 0 Å². The summed E-state index contributed by atoms with van der Waals surface area (Å²) in [5.74, 6) is 0. The van der Waals surface area contributed by atoms with E-state index in [0.29, 0.717) is 11.4 Å². The molecule has 142 valence electrons. The molecule has 3 rings (SSSR count). The second-order valence-corrected chi connectivity index (χ2v) is 11.4.